The van der Waals surface area contributed by atoms with E-state index in [4.69, 9.17) is 15.2 Å². The molecule has 1 atom stereocenters. The van der Waals surface area contributed by atoms with Crippen LogP contribution in [0.2, 0.25) is 0 Å². The van der Waals surface area contributed by atoms with Gasteiger partial charge in [0.1, 0.15) is 11.2 Å². The second-order valence-electron chi connectivity index (χ2n) is 4.09. The van der Waals surface area contributed by atoms with Gasteiger partial charge in [-0.2, -0.15) is 0 Å². The molecular formula is C14H21NO3. The van der Waals surface area contributed by atoms with Crippen molar-refractivity contribution in [2.75, 3.05) is 20.3 Å². The maximum absolute atomic E-state index is 12.2. The monoisotopic (exact) mass is 251 g/mol. The number of rotatable bonds is 6. The van der Waals surface area contributed by atoms with Crippen LogP contribution in [0.3, 0.4) is 0 Å². The molecule has 1 aromatic rings. The van der Waals surface area contributed by atoms with Gasteiger partial charge in [-0.15, -0.1) is 0 Å². The number of carbonyl (C=O) groups is 1. The molecule has 0 unspecified atom stereocenters. The average molecular weight is 251 g/mol. The van der Waals surface area contributed by atoms with E-state index in [1.165, 1.54) is 0 Å². The summed E-state index contributed by atoms with van der Waals surface area (Å²) in [7, 11) is 1.60. The third-order valence-electron chi connectivity index (χ3n) is 3.24. The van der Waals surface area contributed by atoms with E-state index in [2.05, 4.69) is 0 Å². The zero-order chi connectivity index (χ0) is 13.6. The lowest BCUT2D eigenvalue weighted by molar-refractivity contribution is -0.150. The predicted octanol–water partition coefficient (Wildman–Crippen LogP) is 1.86. The van der Waals surface area contributed by atoms with Gasteiger partial charge < -0.3 is 15.2 Å². The first-order chi connectivity index (χ1) is 8.64. The fourth-order valence-corrected chi connectivity index (χ4v) is 2.00. The highest BCUT2D eigenvalue weighted by Crippen LogP contribution is 2.31. The van der Waals surface area contributed by atoms with Crippen molar-refractivity contribution in [1.82, 2.24) is 0 Å². The Morgan fingerprint density at radius 3 is 2.61 bits per heavy atom. The van der Waals surface area contributed by atoms with Gasteiger partial charge in [0.05, 0.1) is 13.7 Å². The van der Waals surface area contributed by atoms with Crippen molar-refractivity contribution in [1.29, 1.82) is 0 Å². The number of carbonyl (C=O) groups excluding carboxylic acids is 1. The lowest BCUT2D eigenvalue weighted by atomic mass is 9.78. The molecule has 100 valence electrons. The second-order valence-corrected chi connectivity index (χ2v) is 4.09. The Kier molecular flexibility index (Phi) is 5.16. The third kappa shape index (κ3) is 2.64. The van der Waals surface area contributed by atoms with Crippen LogP contribution in [0.1, 0.15) is 25.8 Å². The summed E-state index contributed by atoms with van der Waals surface area (Å²) < 4.78 is 10.3. The molecule has 0 heterocycles. The van der Waals surface area contributed by atoms with Gasteiger partial charge in [-0.05, 0) is 31.0 Å². The Bertz CT molecular complexity index is 400. The molecule has 1 aromatic carbocycles. The SMILES string of the molecule is CCOC(=O)[C@](CC)(CN)c1cccc(OC)c1. The third-order valence-corrected chi connectivity index (χ3v) is 3.24. The van der Waals surface area contributed by atoms with Gasteiger partial charge in [-0.3, -0.25) is 4.79 Å². The smallest absolute Gasteiger partial charge is 0.317 e. The molecule has 0 aliphatic rings. The molecule has 0 fully saturated rings. The lowest BCUT2D eigenvalue weighted by Gasteiger charge is -2.29. The standard InChI is InChI=1S/C14H21NO3/c1-4-14(10-15,13(16)18-5-2)11-7-6-8-12(9-11)17-3/h6-9H,4-5,10,15H2,1-3H3/t14-/m1/s1. The Balaban J connectivity index is 3.21. The fraction of sp³-hybridized carbons (Fsp3) is 0.500. The second kappa shape index (κ2) is 6.40. The molecule has 0 aromatic heterocycles. The van der Waals surface area contributed by atoms with E-state index in [9.17, 15) is 4.79 Å². The predicted molar refractivity (Wildman–Crippen MR) is 70.7 cm³/mol. The first-order valence-corrected chi connectivity index (χ1v) is 6.16. The Hall–Kier alpha value is -1.55. The first-order valence-electron chi connectivity index (χ1n) is 6.16. The van der Waals surface area contributed by atoms with Gasteiger partial charge >= 0.3 is 5.97 Å². The molecule has 0 amide bonds. The number of esters is 1. The van der Waals surface area contributed by atoms with Crippen LogP contribution in [0.5, 0.6) is 5.75 Å². The largest absolute Gasteiger partial charge is 0.497 e. The van der Waals surface area contributed by atoms with E-state index in [1.807, 2.05) is 31.2 Å². The highest BCUT2D eigenvalue weighted by atomic mass is 16.5. The van der Waals surface area contributed by atoms with Crippen LogP contribution in [0.4, 0.5) is 0 Å². The highest BCUT2D eigenvalue weighted by molar-refractivity contribution is 5.83. The number of nitrogens with two attached hydrogens (primary N) is 1. The molecule has 0 bridgehead atoms. The van der Waals surface area contributed by atoms with Crippen molar-refractivity contribution in [3.05, 3.63) is 29.8 Å². The van der Waals surface area contributed by atoms with E-state index >= 15 is 0 Å². The van der Waals surface area contributed by atoms with Gasteiger partial charge in [0.2, 0.25) is 0 Å². The summed E-state index contributed by atoms with van der Waals surface area (Å²) in [6.45, 7) is 4.30. The van der Waals surface area contributed by atoms with Gasteiger partial charge in [0.25, 0.3) is 0 Å². The quantitative estimate of drug-likeness (QED) is 0.784. The minimum absolute atomic E-state index is 0.218. The number of methoxy groups -OCH3 is 1. The van der Waals surface area contributed by atoms with Crippen LogP contribution in [-0.4, -0.2) is 26.2 Å². The van der Waals surface area contributed by atoms with Crippen LogP contribution in [-0.2, 0) is 14.9 Å². The summed E-state index contributed by atoms with van der Waals surface area (Å²) in [5.41, 5.74) is 5.88. The summed E-state index contributed by atoms with van der Waals surface area (Å²) in [6, 6.07) is 7.42. The molecule has 0 saturated heterocycles. The Morgan fingerprint density at radius 2 is 2.11 bits per heavy atom. The summed E-state index contributed by atoms with van der Waals surface area (Å²) in [5.74, 6) is 0.436. The molecule has 2 N–H and O–H groups in total. The molecule has 0 saturated carbocycles. The molecule has 4 heteroatoms. The van der Waals surface area contributed by atoms with Crippen molar-refractivity contribution in [2.45, 2.75) is 25.7 Å². The molecule has 1 rings (SSSR count). The summed E-state index contributed by atoms with van der Waals surface area (Å²) in [6.07, 6.45) is 0.593. The molecule has 0 aliphatic heterocycles. The molecule has 4 nitrogen and oxygen atoms in total. The van der Waals surface area contributed by atoms with Gasteiger partial charge in [-0.25, -0.2) is 0 Å². The van der Waals surface area contributed by atoms with E-state index in [0.717, 1.165) is 5.56 Å². The maximum Gasteiger partial charge on any atom is 0.317 e. The normalized spacial score (nSPS) is 13.8. The van der Waals surface area contributed by atoms with E-state index < -0.39 is 5.41 Å². The zero-order valence-corrected chi connectivity index (χ0v) is 11.2. The first kappa shape index (κ1) is 14.5. The Morgan fingerprint density at radius 1 is 1.39 bits per heavy atom. The van der Waals surface area contributed by atoms with Crippen LogP contribution in [0.15, 0.2) is 24.3 Å². The van der Waals surface area contributed by atoms with Crippen LogP contribution in [0.25, 0.3) is 0 Å². The van der Waals surface area contributed by atoms with E-state index in [1.54, 1.807) is 14.0 Å². The van der Waals surface area contributed by atoms with Crippen molar-refractivity contribution < 1.29 is 14.3 Å². The Labute approximate surface area is 108 Å². The molecule has 0 spiro atoms. The van der Waals surface area contributed by atoms with E-state index in [-0.39, 0.29) is 12.5 Å². The molecule has 0 radical (unpaired) electrons. The average Bonchev–Trinajstić information content (AvgIpc) is 2.41. The lowest BCUT2D eigenvalue weighted by Crippen LogP contribution is -2.43. The topological polar surface area (TPSA) is 61.5 Å². The number of ether oxygens (including phenoxy) is 2. The van der Waals surface area contributed by atoms with Crippen molar-refractivity contribution >= 4 is 5.97 Å². The van der Waals surface area contributed by atoms with Gasteiger partial charge in [0.15, 0.2) is 0 Å². The van der Waals surface area contributed by atoms with Crippen LogP contribution >= 0.6 is 0 Å². The molecule has 18 heavy (non-hydrogen) atoms. The highest BCUT2D eigenvalue weighted by Gasteiger charge is 2.39. The number of hydrogen-bond acceptors (Lipinski definition) is 4. The van der Waals surface area contributed by atoms with E-state index in [0.29, 0.717) is 18.8 Å². The maximum atomic E-state index is 12.2. The minimum atomic E-state index is -0.787. The molecule has 0 aliphatic carbocycles. The van der Waals surface area contributed by atoms with Crippen molar-refractivity contribution in [3.63, 3.8) is 0 Å². The van der Waals surface area contributed by atoms with Crippen LogP contribution < -0.4 is 10.5 Å². The zero-order valence-electron chi connectivity index (χ0n) is 11.2. The number of hydrogen-bond donors (Lipinski definition) is 1. The minimum Gasteiger partial charge on any atom is -0.497 e. The summed E-state index contributed by atoms with van der Waals surface area (Å²) in [4.78, 5) is 12.2. The van der Waals surface area contributed by atoms with Crippen molar-refractivity contribution in [3.8, 4) is 5.75 Å². The fourth-order valence-electron chi connectivity index (χ4n) is 2.00. The van der Waals surface area contributed by atoms with Crippen LogP contribution in [0, 0.1) is 0 Å². The van der Waals surface area contributed by atoms with Crippen molar-refractivity contribution in [2.24, 2.45) is 5.73 Å². The summed E-state index contributed by atoms with van der Waals surface area (Å²) >= 11 is 0. The molecular weight excluding hydrogens is 230 g/mol. The number of benzene rings is 1. The van der Waals surface area contributed by atoms with Gasteiger partial charge in [0, 0.05) is 6.54 Å². The van der Waals surface area contributed by atoms with Gasteiger partial charge in [-0.1, -0.05) is 19.1 Å². The summed E-state index contributed by atoms with van der Waals surface area (Å²) in [5, 5.41) is 0.